The number of halogens is 1. The van der Waals surface area contributed by atoms with Crippen LogP contribution >= 0.6 is 22.9 Å². The Bertz CT molecular complexity index is 332. The number of rotatable bonds is 1. The van der Waals surface area contributed by atoms with E-state index in [0.29, 0.717) is 5.00 Å². The maximum absolute atomic E-state index is 11.3. The molecule has 0 atom stereocenters. The predicted octanol–water partition coefficient (Wildman–Crippen LogP) is 3.14. The highest BCUT2D eigenvalue weighted by molar-refractivity contribution is 7.14. The molecule has 0 saturated heterocycles. The molecule has 1 amide bonds. The molecule has 0 aliphatic heterocycles. The summed E-state index contributed by atoms with van der Waals surface area (Å²) in [6, 6.07) is 0. The van der Waals surface area contributed by atoms with E-state index < -0.39 is 11.7 Å². The summed E-state index contributed by atoms with van der Waals surface area (Å²) in [5.74, 6) is 0. The average molecular weight is 235 g/mol. The molecule has 0 spiro atoms. The van der Waals surface area contributed by atoms with E-state index in [1.807, 2.05) is 0 Å². The van der Waals surface area contributed by atoms with Crippen LogP contribution in [0.5, 0.6) is 0 Å². The van der Waals surface area contributed by atoms with Crippen molar-refractivity contribution >= 4 is 34.0 Å². The van der Waals surface area contributed by atoms with Gasteiger partial charge in [-0.1, -0.05) is 11.6 Å². The molecule has 1 aromatic rings. The molecule has 14 heavy (non-hydrogen) atoms. The summed E-state index contributed by atoms with van der Waals surface area (Å²) >= 11 is 6.93. The summed E-state index contributed by atoms with van der Waals surface area (Å²) in [5.41, 5.74) is 1.04. The van der Waals surface area contributed by atoms with Gasteiger partial charge in [0.2, 0.25) is 0 Å². The number of anilines is 1. The van der Waals surface area contributed by atoms with Crippen LogP contribution in [0, 0.1) is 0 Å². The Labute approximate surface area is 91.2 Å². The van der Waals surface area contributed by atoms with Crippen molar-refractivity contribution in [3.8, 4) is 0 Å². The lowest BCUT2D eigenvalue weighted by Gasteiger charge is -2.19. The first-order valence-corrected chi connectivity index (χ1v) is 5.23. The Hall–Kier alpha value is -0.810. The summed E-state index contributed by atoms with van der Waals surface area (Å²) in [4.78, 5) is 15.0. The minimum Gasteiger partial charge on any atom is -0.444 e. The number of hydrogen-bond acceptors (Lipinski definition) is 4. The molecule has 0 unspecified atom stereocenters. The molecule has 1 heterocycles. The van der Waals surface area contributed by atoms with E-state index in [4.69, 9.17) is 16.3 Å². The zero-order valence-corrected chi connectivity index (χ0v) is 9.70. The highest BCUT2D eigenvalue weighted by Crippen LogP contribution is 2.25. The molecule has 4 nitrogen and oxygen atoms in total. The van der Waals surface area contributed by atoms with Crippen molar-refractivity contribution in [2.75, 3.05) is 5.32 Å². The third-order valence-electron chi connectivity index (χ3n) is 1.14. The number of hydrogen-bond donors (Lipinski definition) is 1. The second kappa shape index (κ2) is 4.14. The van der Waals surface area contributed by atoms with Crippen LogP contribution in [-0.4, -0.2) is 16.7 Å². The molecule has 0 radical (unpaired) electrons. The van der Waals surface area contributed by atoms with Gasteiger partial charge in [-0.15, -0.1) is 11.3 Å². The van der Waals surface area contributed by atoms with Crippen molar-refractivity contribution in [2.24, 2.45) is 0 Å². The number of ether oxygens (including phenoxy) is 1. The standard InChI is InChI=1S/C8H11ClN2O2S/c1-8(2,3)13-7(12)11-6-5(9)10-4-14-6/h4H,1-3H3,(H,11,12). The van der Waals surface area contributed by atoms with Crippen LogP contribution in [0.15, 0.2) is 5.51 Å². The number of nitrogens with zero attached hydrogens (tertiary/aromatic N) is 1. The Balaban J connectivity index is 2.54. The minimum atomic E-state index is -0.524. The van der Waals surface area contributed by atoms with Gasteiger partial charge >= 0.3 is 6.09 Å². The summed E-state index contributed by atoms with van der Waals surface area (Å²) < 4.78 is 5.04. The molecule has 78 valence electrons. The Morgan fingerprint density at radius 1 is 1.64 bits per heavy atom. The van der Waals surface area contributed by atoms with Crippen LogP contribution < -0.4 is 5.32 Å². The van der Waals surface area contributed by atoms with Crippen LogP contribution in [0.2, 0.25) is 5.15 Å². The number of nitrogens with one attached hydrogen (secondary N) is 1. The van der Waals surface area contributed by atoms with E-state index in [1.165, 1.54) is 11.3 Å². The number of aromatic nitrogens is 1. The van der Waals surface area contributed by atoms with Crippen LogP contribution in [-0.2, 0) is 4.74 Å². The van der Waals surface area contributed by atoms with Crippen LogP contribution in [0.25, 0.3) is 0 Å². The van der Waals surface area contributed by atoms with Crippen molar-refractivity contribution in [1.29, 1.82) is 0 Å². The lowest BCUT2D eigenvalue weighted by molar-refractivity contribution is 0.0636. The number of carbonyl (C=O) groups excluding carboxylic acids is 1. The van der Waals surface area contributed by atoms with Crippen molar-refractivity contribution in [3.63, 3.8) is 0 Å². The first-order chi connectivity index (χ1) is 6.38. The van der Waals surface area contributed by atoms with E-state index in [9.17, 15) is 4.79 Å². The van der Waals surface area contributed by atoms with Gasteiger partial charge in [0, 0.05) is 0 Å². The smallest absolute Gasteiger partial charge is 0.412 e. The zero-order valence-electron chi connectivity index (χ0n) is 8.13. The molecule has 0 aliphatic carbocycles. The summed E-state index contributed by atoms with van der Waals surface area (Å²) in [5, 5.41) is 3.29. The van der Waals surface area contributed by atoms with Crippen molar-refractivity contribution in [2.45, 2.75) is 26.4 Å². The molecule has 6 heteroatoms. The number of amides is 1. The van der Waals surface area contributed by atoms with Crippen LogP contribution in [0.1, 0.15) is 20.8 Å². The predicted molar refractivity (Wildman–Crippen MR) is 57.0 cm³/mol. The molecule has 0 saturated carbocycles. The number of carbonyl (C=O) groups is 1. The molecule has 1 rings (SSSR count). The first-order valence-electron chi connectivity index (χ1n) is 3.97. The quantitative estimate of drug-likeness (QED) is 0.812. The lowest BCUT2D eigenvalue weighted by atomic mass is 10.2. The van der Waals surface area contributed by atoms with Crippen molar-refractivity contribution in [3.05, 3.63) is 10.7 Å². The van der Waals surface area contributed by atoms with Crippen LogP contribution in [0.4, 0.5) is 9.80 Å². The summed E-state index contributed by atoms with van der Waals surface area (Å²) in [7, 11) is 0. The van der Waals surface area contributed by atoms with Gasteiger partial charge in [-0.2, -0.15) is 0 Å². The van der Waals surface area contributed by atoms with Gasteiger partial charge in [0.1, 0.15) is 10.6 Å². The average Bonchev–Trinajstić information content (AvgIpc) is 2.32. The van der Waals surface area contributed by atoms with E-state index >= 15 is 0 Å². The largest absolute Gasteiger partial charge is 0.444 e. The fraction of sp³-hybridized carbons (Fsp3) is 0.500. The molecule has 0 bridgehead atoms. The highest BCUT2D eigenvalue weighted by Gasteiger charge is 2.17. The molecule has 1 aromatic heterocycles. The Morgan fingerprint density at radius 3 is 2.71 bits per heavy atom. The van der Waals surface area contributed by atoms with Gasteiger partial charge in [0.05, 0.1) is 5.51 Å². The molecular weight excluding hydrogens is 224 g/mol. The zero-order chi connectivity index (χ0) is 10.8. The van der Waals surface area contributed by atoms with Gasteiger partial charge < -0.3 is 4.74 Å². The Morgan fingerprint density at radius 2 is 2.29 bits per heavy atom. The third kappa shape index (κ3) is 3.51. The summed E-state index contributed by atoms with van der Waals surface area (Å²) in [6.45, 7) is 5.38. The number of thiazole rings is 1. The van der Waals surface area contributed by atoms with Gasteiger partial charge in [-0.05, 0) is 20.8 Å². The topological polar surface area (TPSA) is 51.2 Å². The first kappa shape index (κ1) is 11.3. The summed E-state index contributed by atoms with van der Waals surface area (Å²) in [6.07, 6.45) is -0.524. The maximum atomic E-state index is 11.3. The van der Waals surface area contributed by atoms with Gasteiger partial charge in [-0.25, -0.2) is 9.78 Å². The van der Waals surface area contributed by atoms with Crippen LogP contribution in [0.3, 0.4) is 0 Å². The third-order valence-corrected chi connectivity index (χ3v) is 2.28. The van der Waals surface area contributed by atoms with Crippen molar-refractivity contribution < 1.29 is 9.53 Å². The second-order valence-electron chi connectivity index (χ2n) is 3.60. The molecule has 1 N–H and O–H groups in total. The monoisotopic (exact) mass is 234 g/mol. The van der Waals surface area contributed by atoms with Gasteiger partial charge in [-0.3, -0.25) is 5.32 Å². The van der Waals surface area contributed by atoms with E-state index in [0.717, 1.165) is 0 Å². The van der Waals surface area contributed by atoms with Gasteiger partial charge in [0.25, 0.3) is 0 Å². The highest BCUT2D eigenvalue weighted by atomic mass is 35.5. The fourth-order valence-electron chi connectivity index (χ4n) is 0.710. The maximum Gasteiger partial charge on any atom is 0.412 e. The van der Waals surface area contributed by atoms with E-state index in [-0.39, 0.29) is 5.15 Å². The van der Waals surface area contributed by atoms with Crippen molar-refractivity contribution in [1.82, 2.24) is 4.98 Å². The van der Waals surface area contributed by atoms with E-state index in [1.54, 1.807) is 26.3 Å². The van der Waals surface area contributed by atoms with E-state index in [2.05, 4.69) is 10.3 Å². The molecular formula is C8H11ClN2O2S. The van der Waals surface area contributed by atoms with Gasteiger partial charge in [0.15, 0.2) is 5.15 Å². The molecule has 0 fully saturated rings. The lowest BCUT2D eigenvalue weighted by Crippen LogP contribution is -2.27. The minimum absolute atomic E-state index is 0.279. The fourth-order valence-corrected chi connectivity index (χ4v) is 1.55. The Kier molecular flexibility index (Phi) is 3.34. The molecule has 0 aliphatic rings. The molecule has 0 aromatic carbocycles. The SMILES string of the molecule is CC(C)(C)OC(=O)Nc1scnc1Cl. The normalized spacial score (nSPS) is 11.1. The second-order valence-corrected chi connectivity index (χ2v) is 4.81.